The Labute approximate surface area is 223 Å². The summed E-state index contributed by atoms with van der Waals surface area (Å²) in [5.74, 6) is 0.0868. The van der Waals surface area contributed by atoms with Gasteiger partial charge in [-0.05, 0) is 36.6 Å². The van der Waals surface area contributed by atoms with Gasteiger partial charge in [-0.1, -0.05) is 50.1 Å². The Morgan fingerprint density at radius 1 is 1.08 bits per heavy atom. The number of nitrogens with zero attached hydrogens (tertiary/aromatic N) is 2. The van der Waals surface area contributed by atoms with Crippen LogP contribution in [-0.2, 0) is 26.2 Å². The van der Waals surface area contributed by atoms with E-state index in [-0.39, 0.29) is 18.1 Å². The Hall–Kier alpha value is -2.98. The van der Waals surface area contributed by atoms with Crippen molar-refractivity contribution in [3.63, 3.8) is 0 Å². The van der Waals surface area contributed by atoms with Crippen molar-refractivity contribution in [2.45, 2.75) is 45.7 Å². The van der Waals surface area contributed by atoms with Crippen LogP contribution in [0.5, 0.6) is 11.5 Å². The standard InChI is InChI=1S/C26H34ClN3O6S/c1-4-6-13-28-26(32)22(5-2)29(17-19-9-7-8-10-21(19)27)25(31)18-30(37(3,33)34)20-11-12-23-24(16-20)36-15-14-35-23/h7-12,16,22H,4-6,13-15,17-18H2,1-3H3,(H,28,32)/t22-/m0/s1. The van der Waals surface area contributed by atoms with Gasteiger partial charge >= 0.3 is 0 Å². The highest BCUT2D eigenvalue weighted by Crippen LogP contribution is 2.34. The number of carbonyl (C=O) groups excluding carboxylic acids is 2. The number of nitrogens with one attached hydrogen (secondary N) is 1. The lowest BCUT2D eigenvalue weighted by Gasteiger charge is -2.33. The highest BCUT2D eigenvalue weighted by atomic mass is 35.5. The average molecular weight is 552 g/mol. The highest BCUT2D eigenvalue weighted by Gasteiger charge is 2.32. The van der Waals surface area contributed by atoms with Crippen molar-refractivity contribution in [3.8, 4) is 11.5 Å². The van der Waals surface area contributed by atoms with Crippen LogP contribution in [0, 0.1) is 0 Å². The van der Waals surface area contributed by atoms with E-state index in [0.717, 1.165) is 23.4 Å². The summed E-state index contributed by atoms with van der Waals surface area (Å²) < 4.78 is 37.7. The van der Waals surface area contributed by atoms with Gasteiger partial charge in [0.1, 0.15) is 25.8 Å². The second kappa shape index (κ2) is 13.0. The summed E-state index contributed by atoms with van der Waals surface area (Å²) in [4.78, 5) is 28.2. The molecule has 0 aliphatic carbocycles. The van der Waals surface area contributed by atoms with E-state index in [1.165, 1.54) is 11.0 Å². The maximum absolute atomic E-state index is 13.8. The van der Waals surface area contributed by atoms with Crippen molar-refractivity contribution in [2.24, 2.45) is 0 Å². The van der Waals surface area contributed by atoms with E-state index in [0.29, 0.717) is 48.3 Å². The Morgan fingerprint density at radius 3 is 2.43 bits per heavy atom. The molecular weight excluding hydrogens is 518 g/mol. The van der Waals surface area contributed by atoms with Crippen molar-refractivity contribution in [3.05, 3.63) is 53.1 Å². The van der Waals surface area contributed by atoms with Crippen molar-refractivity contribution in [1.82, 2.24) is 10.2 Å². The Balaban J connectivity index is 1.93. The van der Waals surface area contributed by atoms with Crippen LogP contribution in [0.15, 0.2) is 42.5 Å². The molecule has 2 aromatic carbocycles. The van der Waals surface area contributed by atoms with Gasteiger partial charge in [-0.25, -0.2) is 8.42 Å². The minimum Gasteiger partial charge on any atom is -0.486 e. The predicted octanol–water partition coefficient (Wildman–Crippen LogP) is 3.60. The topological polar surface area (TPSA) is 105 Å². The van der Waals surface area contributed by atoms with Crippen LogP contribution in [0.3, 0.4) is 0 Å². The van der Waals surface area contributed by atoms with Crippen LogP contribution >= 0.6 is 11.6 Å². The molecule has 11 heteroatoms. The molecule has 1 heterocycles. The zero-order valence-electron chi connectivity index (χ0n) is 21.4. The number of ether oxygens (including phenoxy) is 2. The Bertz CT molecular complexity index is 1210. The quantitative estimate of drug-likeness (QED) is 0.404. The molecule has 9 nitrogen and oxygen atoms in total. The molecule has 1 N–H and O–H groups in total. The van der Waals surface area contributed by atoms with Gasteiger partial charge in [0.2, 0.25) is 21.8 Å². The second-order valence-electron chi connectivity index (χ2n) is 8.78. The monoisotopic (exact) mass is 551 g/mol. The summed E-state index contributed by atoms with van der Waals surface area (Å²) in [6.07, 6.45) is 3.10. The fraction of sp³-hybridized carbons (Fsp3) is 0.462. The number of halogens is 1. The van der Waals surface area contributed by atoms with Gasteiger partial charge in [-0.3, -0.25) is 13.9 Å². The van der Waals surface area contributed by atoms with E-state index < -0.39 is 28.5 Å². The van der Waals surface area contributed by atoms with Gasteiger partial charge in [0.15, 0.2) is 11.5 Å². The number of sulfonamides is 1. The summed E-state index contributed by atoms with van der Waals surface area (Å²) in [6, 6.07) is 11.0. The fourth-order valence-electron chi connectivity index (χ4n) is 4.04. The third kappa shape index (κ3) is 7.52. The molecule has 0 bridgehead atoms. The minimum atomic E-state index is -3.86. The third-order valence-corrected chi connectivity index (χ3v) is 7.52. The smallest absolute Gasteiger partial charge is 0.244 e. The molecule has 2 amide bonds. The average Bonchev–Trinajstić information content (AvgIpc) is 2.87. The van der Waals surface area contributed by atoms with Gasteiger partial charge < -0.3 is 19.7 Å². The molecule has 0 unspecified atom stereocenters. The summed E-state index contributed by atoms with van der Waals surface area (Å²) in [5.41, 5.74) is 0.917. The summed E-state index contributed by atoms with van der Waals surface area (Å²) >= 11 is 6.37. The van der Waals surface area contributed by atoms with Gasteiger partial charge in [-0.15, -0.1) is 0 Å². The lowest BCUT2D eigenvalue weighted by molar-refractivity contribution is -0.140. The van der Waals surface area contributed by atoms with Crippen LogP contribution in [0.4, 0.5) is 5.69 Å². The molecule has 0 saturated carbocycles. The molecule has 37 heavy (non-hydrogen) atoms. The van der Waals surface area contributed by atoms with E-state index >= 15 is 0 Å². The normalized spacial score (nSPS) is 13.5. The summed E-state index contributed by atoms with van der Waals surface area (Å²) in [7, 11) is -3.86. The molecular formula is C26H34ClN3O6S. The van der Waals surface area contributed by atoms with E-state index in [1.54, 1.807) is 36.4 Å². The fourth-order valence-corrected chi connectivity index (χ4v) is 5.07. The first kappa shape index (κ1) is 28.6. The molecule has 0 saturated heterocycles. The first-order valence-corrected chi connectivity index (χ1v) is 14.6. The van der Waals surface area contributed by atoms with Gasteiger partial charge in [0.25, 0.3) is 0 Å². The maximum atomic E-state index is 13.8. The number of unbranched alkanes of at least 4 members (excludes halogenated alkanes) is 1. The number of hydrogen-bond donors (Lipinski definition) is 1. The number of hydrogen-bond acceptors (Lipinski definition) is 6. The van der Waals surface area contributed by atoms with Crippen LogP contribution in [-0.4, -0.2) is 63.7 Å². The van der Waals surface area contributed by atoms with Gasteiger partial charge in [0.05, 0.1) is 11.9 Å². The zero-order chi connectivity index (χ0) is 27.0. The highest BCUT2D eigenvalue weighted by molar-refractivity contribution is 7.92. The molecule has 1 aliphatic rings. The number of rotatable bonds is 12. The third-order valence-electron chi connectivity index (χ3n) is 6.01. The van der Waals surface area contributed by atoms with Gasteiger partial charge in [-0.2, -0.15) is 0 Å². The van der Waals surface area contributed by atoms with Crippen molar-refractivity contribution in [2.75, 3.05) is 36.9 Å². The second-order valence-corrected chi connectivity index (χ2v) is 11.1. The molecule has 1 aliphatic heterocycles. The largest absolute Gasteiger partial charge is 0.486 e. The molecule has 1 atom stereocenters. The molecule has 2 aromatic rings. The van der Waals surface area contributed by atoms with Crippen molar-refractivity contribution < 1.29 is 27.5 Å². The Kier molecular flexibility index (Phi) is 10.0. The predicted molar refractivity (Wildman–Crippen MR) is 144 cm³/mol. The number of fused-ring (bicyclic) bond motifs is 1. The lowest BCUT2D eigenvalue weighted by atomic mass is 10.1. The molecule has 0 aromatic heterocycles. The number of anilines is 1. The molecule has 202 valence electrons. The van der Waals surface area contributed by atoms with Crippen molar-refractivity contribution in [1.29, 1.82) is 0 Å². The number of amides is 2. The van der Waals surface area contributed by atoms with E-state index in [2.05, 4.69) is 5.32 Å². The first-order valence-electron chi connectivity index (χ1n) is 12.3. The van der Waals surface area contributed by atoms with Crippen LogP contribution in [0.1, 0.15) is 38.7 Å². The summed E-state index contributed by atoms with van der Waals surface area (Å²) in [5, 5.41) is 3.34. The van der Waals surface area contributed by atoms with E-state index in [9.17, 15) is 18.0 Å². The molecule has 0 spiro atoms. The minimum absolute atomic E-state index is 0.0525. The van der Waals surface area contributed by atoms with Crippen molar-refractivity contribution >= 4 is 39.1 Å². The van der Waals surface area contributed by atoms with E-state index in [4.69, 9.17) is 21.1 Å². The zero-order valence-corrected chi connectivity index (χ0v) is 23.0. The molecule has 0 fully saturated rings. The van der Waals surface area contributed by atoms with Crippen LogP contribution < -0.4 is 19.1 Å². The molecule has 0 radical (unpaired) electrons. The summed E-state index contributed by atoms with van der Waals surface area (Å²) in [6.45, 7) is 4.62. The number of carbonyl (C=O) groups is 2. The maximum Gasteiger partial charge on any atom is 0.244 e. The SMILES string of the molecule is CCCCNC(=O)[C@H](CC)N(Cc1ccccc1Cl)C(=O)CN(c1ccc2c(c1)OCCO2)S(C)(=O)=O. The number of benzene rings is 2. The lowest BCUT2D eigenvalue weighted by Crippen LogP contribution is -2.52. The first-order chi connectivity index (χ1) is 17.7. The van der Waals surface area contributed by atoms with Gasteiger partial charge in [0, 0.05) is 24.2 Å². The van der Waals surface area contributed by atoms with E-state index in [1.807, 2.05) is 13.8 Å². The van der Waals surface area contributed by atoms with Crippen LogP contribution in [0.25, 0.3) is 0 Å². The molecule has 3 rings (SSSR count). The van der Waals surface area contributed by atoms with Crippen LogP contribution in [0.2, 0.25) is 5.02 Å². The Morgan fingerprint density at radius 2 is 1.78 bits per heavy atom.